The maximum atomic E-state index is 10.5. The Labute approximate surface area is 90.5 Å². The summed E-state index contributed by atoms with van der Waals surface area (Å²) in [4.78, 5) is 10.5. The lowest BCUT2D eigenvalue weighted by molar-refractivity contribution is -0.115. The van der Waals surface area contributed by atoms with Crippen LogP contribution < -0.4 is 11.1 Å². The fourth-order valence-corrected chi connectivity index (χ4v) is 2.34. The number of nitrogens with one attached hydrogen (secondary N) is 1. The fourth-order valence-electron chi connectivity index (χ4n) is 0.706. The van der Waals surface area contributed by atoms with Crippen LogP contribution in [0, 0.1) is 0 Å². The van der Waals surface area contributed by atoms with E-state index in [4.69, 9.17) is 5.73 Å². The molecule has 0 unspecified atom stereocenters. The molecule has 0 saturated heterocycles. The second kappa shape index (κ2) is 5.16. The molecule has 0 aliphatic rings. The van der Waals surface area contributed by atoms with Crippen molar-refractivity contribution in [1.29, 1.82) is 0 Å². The number of nitrogens with two attached hydrogens (primary N) is 1. The molecular weight excluding hydrogens is 220 g/mol. The normalized spacial score (nSPS) is 10.5. The van der Waals surface area contributed by atoms with Gasteiger partial charge in [-0.05, 0) is 13.8 Å². The number of carbonyl (C=O) groups excluding carboxylic acids is 1. The number of aromatic nitrogens is 2. The van der Waals surface area contributed by atoms with Crippen molar-refractivity contribution in [2.45, 2.75) is 24.2 Å². The lowest BCUT2D eigenvalue weighted by Crippen LogP contribution is -2.12. The van der Waals surface area contributed by atoms with Crippen LogP contribution >= 0.6 is 23.1 Å². The molecule has 1 aromatic heterocycles. The van der Waals surface area contributed by atoms with Gasteiger partial charge in [0.1, 0.15) is 0 Å². The molecule has 0 fully saturated rings. The predicted molar refractivity (Wildman–Crippen MR) is 58.6 cm³/mol. The Kier molecular flexibility index (Phi) is 4.15. The van der Waals surface area contributed by atoms with Gasteiger partial charge in [-0.15, -0.1) is 10.2 Å². The van der Waals surface area contributed by atoms with E-state index < -0.39 is 0 Å². The molecule has 1 heterocycles. The summed E-state index contributed by atoms with van der Waals surface area (Å²) >= 11 is 2.73. The lowest BCUT2D eigenvalue weighted by Gasteiger charge is -2.02. The molecule has 7 heteroatoms. The largest absolute Gasteiger partial charge is 0.369 e. The van der Waals surface area contributed by atoms with Gasteiger partial charge in [-0.3, -0.25) is 4.79 Å². The molecule has 1 rings (SSSR count). The quantitative estimate of drug-likeness (QED) is 0.738. The van der Waals surface area contributed by atoms with Crippen LogP contribution in [-0.2, 0) is 4.79 Å². The zero-order chi connectivity index (χ0) is 10.6. The molecular formula is C7H12N4OS2. The third kappa shape index (κ3) is 3.93. The van der Waals surface area contributed by atoms with Gasteiger partial charge in [0, 0.05) is 6.04 Å². The van der Waals surface area contributed by atoms with E-state index in [1.54, 1.807) is 0 Å². The monoisotopic (exact) mass is 232 g/mol. The highest BCUT2D eigenvalue weighted by Crippen LogP contribution is 2.25. The summed E-state index contributed by atoms with van der Waals surface area (Å²) in [6, 6.07) is 0.331. The van der Waals surface area contributed by atoms with Crippen molar-refractivity contribution in [2.24, 2.45) is 5.73 Å². The molecule has 3 N–H and O–H groups in total. The first-order valence-electron chi connectivity index (χ1n) is 4.09. The summed E-state index contributed by atoms with van der Waals surface area (Å²) in [5, 5.41) is 11.7. The third-order valence-electron chi connectivity index (χ3n) is 1.16. The number of hydrogen-bond donors (Lipinski definition) is 2. The summed E-state index contributed by atoms with van der Waals surface area (Å²) in [6.07, 6.45) is 0. The third-order valence-corrected chi connectivity index (χ3v) is 3.17. The Balaban J connectivity index is 2.46. The van der Waals surface area contributed by atoms with Crippen molar-refractivity contribution in [3.63, 3.8) is 0 Å². The van der Waals surface area contributed by atoms with E-state index >= 15 is 0 Å². The van der Waals surface area contributed by atoms with Crippen LogP contribution in [0.15, 0.2) is 4.34 Å². The molecule has 0 radical (unpaired) electrons. The van der Waals surface area contributed by atoms with Crippen molar-refractivity contribution in [2.75, 3.05) is 11.1 Å². The molecule has 1 aromatic rings. The number of thioether (sulfide) groups is 1. The molecule has 14 heavy (non-hydrogen) atoms. The predicted octanol–water partition coefficient (Wildman–Crippen LogP) is 0.936. The number of primary amides is 1. The standard InChI is InChI=1S/C7H12N4OS2/c1-4(2)9-6-10-11-7(14-6)13-3-5(8)12/h4H,3H2,1-2H3,(H2,8,12)(H,9,10). The summed E-state index contributed by atoms with van der Waals surface area (Å²) in [6.45, 7) is 4.05. The number of nitrogens with zero attached hydrogens (tertiary/aromatic N) is 2. The Morgan fingerprint density at radius 3 is 2.93 bits per heavy atom. The smallest absolute Gasteiger partial charge is 0.227 e. The van der Waals surface area contributed by atoms with Crippen molar-refractivity contribution >= 4 is 34.1 Å². The Morgan fingerprint density at radius 1 is 1.64 bits per heavy atom. The molecule has 0 saturated carbocycles. The summed E-state index contributed by atoms with van der Waals surface area (Å²) in [5.74, 6) is -0.0976. The highest BCUT2D eigenvalue weighted by Gasteiger charge is 2.06. The highest BCUT2D eigenvalue weighted by molar-refractivity contribution is 8.01. The SMILES string of the molecule is CC(C)Nc1nnc(SCC(N)=O)s1. The van der Waals surface area contributed by atoms with Gasteiger partial charge >= 0.3 is 0 Å². The van der Waals surface area contributed by atoms with E-state index in [2.05, 4.69) is 15.5 Å². The Bertz CT molecular complexity index is 312. The van der Waals surface area contributed by atoms with E-state index in [-0.39, 0.29) is 11.7 Å². The summed E-state index contributed by atoms with van der Waals surface area (Å²) in [7, 11) is 0. The Morgan fingerprint density at radius 2 is 2.36 bits per heavy atom. The van der Waals surface area contributed by atoms with Gasteiger partial charge in [-0.25, -0.2) is 0 Å². The van der Waals surface area contributed by atoms with Gasteiger partial charge < -0.3 is 11.1 Å². The van der Waals surface area contributed by atoms with Crippen molar-refractivity contribution in [3.8, 4) is 0 Å². The van der Waals surface area contributed by atoms with E-state index in [9.17, 15) is 4.79 Å². The Hall–Kier alpha value is -0.820. The van der Waals surface area contributed by atoms with Gasteiger partial charge in [0.15, 0.2) is 4.34 Å². The van der Waals surface area contributed by atoms with Crippen molar-refractivity contribution < 1.29 is 4.79 Å². The zero-order valence-electron chi connectivity index (χ0n) is 7.98. The first kappa shape index (κ1) is 11.3. The van der Waals surface area contributed by atoms with Gasteiger partial charge in [-0.2, -0.15) is 0 Å². The molecule has 0 aromatic carbocycles. The second-order valence-electron chi connectivity index (χ2n) is 2.93. The number of amides is 1. The number of rotatable bonds is 5. The second-order valence-corrected chi connectivity index (χ2v) is 5.13. The van der Waals surface area contributed by atoms with E-state index in [1.165, 1.54) is 23.1 Å². The minimum Gasteiger partial charge on any atom is -0.369 e. The first-order chi connectivity index (χ1) is 6.58. The maximum Gasteiger partial charge on any atom is 0.227 e. The average molecular weight is 232 g/mol. The molecule has 1 amide bonds. The van der Waals surface area contributed by atoms with Crippen LogP contribution in [-0.4, -0.2) is 27.9 Å². The minimum atomic E-state index is -0.344. The topological polar surface area (TPSA) is 80.9 Å². The molecule has 5 nitrogen and oxygen atoms in total. The minimum absolute atomic E-state index is 0.246. The summed E-state index contributed by atoms with van der Waals surface area (Å²) in [5.41, 5.74) is 5.01. The first-order valence-corrected chi connectivity index (χ1v) is 5.89. The van der Waals surface area contributed by atoms with Crippen LogP contribution in [0.4, 0.5) is 5.13 Å². The average Bonchev–Trinajstić information content (AvgIpc) is 2.47. The molecule has 0 bridgehead atoms. The van der Waals surface area contributed by atoms with Crippen LogP contribution in [0.2, 0.25) is 0 Å². The van der Waals surface area contributed by atoms with Crippen LogP contribution in [0.25, 0.3) is 0 Å². The molecule has 0 atom stereocenters. The van der Waals surface area contributed by atoms with Gasteiger partial charge in [-0.1, -0.05) is 23.1 Å². The zero-order valence-corrected chi connectivity index (χ0v) is 9.61. The van der Waals surface area contributed by atoms with E-state index in [0.717, 1.165) is 9.47 Å². The van der Waals surface area contributed by atoms with Gasteiger partial charge in [0.05, 0.1) is 5.75 Å². The van der Waals surface area contributed by atoms with Gasteiger partial charge in [0.25, 0.3) is 0 Å². The number of anilines is 1. The number of carbonyl (C=O) groups is 1. The number of hydrogen-bond acceptors (Lipinski definition) is 6. The molecule has 0 spiro atoms. The molecule has 0 aliphatic heterocycles. The highest BCUT2D eigenvalue weighted by atomic mass is 32.2. The fraction of sp³-hybridized carbons (Fsp3) is 0.571. The van der Waals surface area contributed by atoms with Crippen LogP contribution in [0.3, 0.4) is 0 Å². The van der Waals surface area contributed by atoms with Crippen molar-refractivity contribution in [3.05, 3.63) is 0 Å². The van der Waals surface area contributed by atoms with Crippen LogP contribution in [0.5, 0.6) is 0 Å². The van der Waals surface area contributed by atoms with E-state index in [1.807, 2.05) is 13.8 Å². The lowest BCUT2D eigenvalue weighted by atomic mass is 10.4. The molecule has 78 valence electrons. The summed E-state index contributed by atoms with van der Waals surface area (Å²) < 4.78 is 0.756. The maximum absolute atomic E-state index is 10.5. The molecule has 0 aliphatic carbocycles. The van der Waals surface area contributed by atoms with Crippen LogP contribution in [0.1, 0.15) is 13.8 Å². The van der Waals surface area contributed by atoms with E-state index in [0.29, 0.717) is 6.04 Å². The van der Waals surface area contributed by atoms with Crippen molar-refractivity contribution in [1.82, 2.24) is 10.2 Å². The van der Waals surface area contributed by atoms with Gasteiger partial charge in [0.2, 0.25) is 11.0 Å².